The van der Waals surface area contributed by atoms with E-state index in [1.165, 1.54) is 6.33 Å². The van der Waals surface area contributed by atoms with Gasteiger partial charge in [-0.25, -0.2) is 14.8 Å². The normalized spacial score (nSPS) is 24.0. The highest BCUT2D eigenvalue weighted by molar-refractivity contribution is 6.01. The first-order valence-corrected chi connectivity index (χ1v) is 9.06. The van der Waals surface area contributed by atoms with Gasteiger partial charge in [-0.3, -0.25) is 4.79 Å². The fourth-order valence-electron chi connectivity index (χ4n) is 4.10. The quantitative estimate of drug-likeness (QED) is 0.769. The summed E-state index contributed by atoms with van der Waals surface area (Å²) in [5.74, 6) is -0.239. The second-order valence-corrected chi connectivity index (χ2v) is 8.30. The van der Waals surface area contributed by atoms with Crippen LogP contribution in [0.3, 0.4) is 0 Å². The molecule has 0 aliphatic heterocycles. The lowest BCUT2D eigenvalue weighted by molar-refractivity contribution is -0.127. The number of fused-ring (bicyclic) bond motifs is 1. The summed E-state index contributed by atoms with van der Waals surface area (Å²) < 4.78 is 5.71. The number of hydrogen-bond donors (Lipinski definition) is 0. The third-order valence-electron chi connectivity index (χ3n) is 6.98. The van der Waals surface area contributed by atoms with Gasteiger partial charge in [0.15, 0.2) is 5.69 Å². The van der Waals surface area contributed by atoms with Crippen LogP contribution < -0.4 is 0 Å². The third-order valence-corrected chi connectivity index (χ3v) is 6.98. The average Bonchev–Trinajstić information content (AvgIpc) is 2.76. The minimum absolute atomic E-state index is 0.211. The number of nitrogens with zero attached hydrogens (tertiary/aromatic N) is 2. The van der Waals surface area contributed by atoms with Crippen LogP contribution >= 0.6 is 0 Å². The molecule has 5 heteroatoms. The number of carbonyl (C=O) groups excluding carboxylic acids is 2. The molecule has 0 radical (unpaired) electrons. The van der Waals surface area contributed by atoms with E-state index < -0.39 is 11.4 Å². The lowest BCUT2D eigenvalue weighted by Gasteiger charge is -2.45. The molecule has 1 aliphatic rings. The van der Waals surface area contributed by atoms with Gasteiger partial charge < -0.3 is 4.74 Å². The number of hydrogen-bond acceptors (Lipinski definition) is 5. The minimum atomic E-state index is -0.468. The van der Waals surface area contributed by atoms with Gasteiger partial charge >= 0.3 is 5.97 Å². The lowest BCUT2D eigenvalue weighted by atomic mass is 9.59. The van der Waals surface area contributed by atoms with Crippen molar-refractivity contribution in [3.8, 4) is 0 Å². The Morgan fingerprint density at radius 3 is 2.46 bits per heavy atom. The Balaban J connectivity index is 1.88. The number of aromatic nitrogens is 2. The van der Waals surface area contributed by atoms with E-state index in [4.69, 9.17) is 4.74 Å². The summed E-state index contributed by atoms with van der Waals surface area (Å²) in [4.78, 5) is 33.7. The van der Waals surface area contributed by atoms with E-state index in [1.807, 2.05) is 38.1 Å². The highest BCUT2D eigenvalue weighted by Gasteiger charge is 2.62. The maximum Gasteiger partial charge on any atom is 0.357 e. The molecule has 1 aromatic heterocycles. The van der Waals surface area contributed by atoms with Gasteiger partial charge in [0.1, 0.15) is 12.1 Å². The van der Waals surface area contributed by atoms with Crippen molar-refractivity contribution < 1.29 is 14.3 Å². The zero-order chi connectivity index (χ0) is 19.2. The SMILES string of the molecule is CCC1(COC(=O)c2ncnc3ccccc23)CC(=O)C(C)(C)C1(C)C. The van der Waals surface area contributed by atoms with Gasteiger partial charge in [0.25, 0.3) is 0 Å². The smallest absolute Gasteiger partial charge is 0.357 e. The fourth-order valence-corrected chi connectivity index (χ4v) is 4.10. The summed E-state index contributed by atoms with van der Waals surface area (Å²) in [6.45, 7) is 10.5. The number of benzene rings is 1. The van der Waals surface area contributed by atoms with E-state index in [1.54, 1.807) is 0 Å². The molecule has 0 spiro atoms. The third kappa shape index (κ3) is 2.52. The van der Waals surface area contributed by atoms with Crippen LogP contribution in [-0.4, -0.2) is 28.3 Å². The molecular weight excluding hydrogens is 328 g/mol. The first-order valence-electron chi connectivity index (χ1n) is 9.06. The van der Waals surface area contributed by atoms with E-state index in [0.717, 1.165) is 6.42 Å². The molecule has 1 aliphatic carbocycles. The topological polar surface area (TPSA) is 69.2 Å². The average molecular weight is 354 g/mol. The molecular formula is C21H26N2O3. The van der Waals surface area contributed by atoms with E-state index in [0.29, 0.717) is 17.3 Å². The van der Waals surface area contributed by atoms with E-state index in [2.05, 4.69) is 30.7 Å². The molecule has 0 amide bonds. The molecule has 0 bridgehead atoms. The van der Waals surface area contributed by atoms with Crippen molar-refractivity contribution >= 4 is 22.7 Å². The standard InChI is InChI=1S/C21H26N2O3/c1-6-21(11-16(24)19(2,3)20(21,4)5)12-26-18(25)17-14-9-7-8-10-15(14)22-13-23-17/h7-10,13H,6,11-12H2,1-5H3. The number of rotatable bonds is 4. The highest BCUT2D eigenvalue weighted by atomic mass is 16.5. The van der Waals surface area contributed by atoms with Gasteiger partial charge in [0.05, 0.1) is 12.1 Å². The molecule has 1 saturated carbocycles. The van der Waals surface area contributed by atoms with Gasteiger partial charge in [-0.2, -0.15) is 0 Å². The van der Waals surface area contributed by atoms with E-state index >= 15 is 0 Å². The molecule has 1 fully saturated rings. The van der Waals surface area contributed by atoms with Gasteiger partial charge in [0, 0.05) is 22.6 Å². The molecule has 3 rings (SSSR count). The van der Waals surface area contributed by atoms with Crippen LogP contribution in [0.15, 0.2) is 30.6 Å². The first-order chi connectivity index (χ1) is 12.2. The van der Waals surface area contributed by atoms with Gasteiger partial charge in [-0.05, 0) is 17.9 Å². The maximum absolute atomic E-state index is 12.7. The van der Waals surface area contributed by atoms with E-state index in [-0.39, 0.29) is 28.9 Å². The zero-order valence-corrected chi connectivity index (χ0v) is 16.1. The summed E-state index contributed by atoms with van der Waals surface area (Å²) in [6, 6.07) is 7.36. The molecule has 0 N–H and O–H groups in total. The molecule has 0 saturated heterocycles. The van der Waals surface area contributed by atoms with Crippen molar-refractivity contribution in [1.29, 1.82) is 0 Å². The Bertz CT molecular complexity index is 867. The Morgan fingerprint density at radius 1 is 1.15 bits per heavy atom. The predicted octanol–water partition coefficient (Wildman–Crippen LogP) is 4.21. The highest BCUT2D eigenvalue weighted by Crippen LogP contribution is 2.62. The fraction of sp³-hybridized carbons (Fsp3) is 0.524. The van der Waals surface area contributed by atoms with Crippen LogP contribution in [0.25, 0.3) is 10.9 Å². The summed E-state index contributed by atoms with van der Waals surface area (Å²) >= 11 is 0. The zero-order valence-electron chi connectivity index (χ0n) is 16.1. The molecule has 5 nitrogen and oxygen atoms in total. The van der Waals surface area contributed by atoms with Crippen molar-refractivity contribution in [3.63, 3.8) is 0 Å². The summed E-state index contributed by atoms with van der Waals surface area (Å²) in [5, 5.41) is 0.674. The number of ketones is 1. The summed E-state index contributed by atoms with van der Waals surface area (Å²) in [6.07, 6.45) is 2.58. The summed E-state index contributed by atoms with van der Waals surface area (Å²) in [5.41, 5.74) is -0.122. The molecule has 1 atom stereocenters. The Kier molecular flexibility index (Phi) is 4.37. The second-order valence-electron chi connectivity index (χ2n) is 8.30. The number of Topliss-reactive ketones (excluding diaryl/α,β-unsaturated/α-hetero) is 1. The van der Waals surface area contributed by atoms with Crippen molar-refractivity contribution in [2.75, 3.05) is 6.61 Å². The number of carbonyl (C=O) groups is 2. The molecule has 1 unspecified atom stereocenters. The number of ether oxygens (including phenoxy) is 1. The Hall–Kier alpha value is -2.30. The maximum atomic E-state index is 12.7. The molecule has 138 valence electrons. The van der Waals surface area contributed by atoms with Crippen LogP contribution in [0.1, 0.15) is 57.9 Å². The molecule has 1 aromatic carbocycles. The van der Waals surface area contributed by atoms with Gasteiger partial charge in [-0.1, -0.05) is 52.8 Å². The van der Waals surface area contributed by atoms with Gasteiger partial charge in [0.2, 0.25) is 0 Å². The van der Waals surface area contributed by atoms with Crippen LogP contribution in [0, 0.1) is 16.2 Å². The van der Waals surface area contributed by atoms with Gasteiger partial charge in [-0.15, -0.1) is 0 Å². The lowest BCUT2D eigenvalue weighted by Crippen LogP contribution is -2.44. The van der Waals surface area contributed by atoms with Crippen molar-refractivity contribution in [2.24, 2.45) is 16.2 Å². The number of para-hydroxylation sites is 1. The second kappa shape index (κ2) is 6.15. The van der Waals surface area contributed by atoms with Crippen molar-refractivity contribution in [2.45, 2.75) is 47.5 Å². The summed E-state index contributed by atoms with van der Waals surface area (Å²) in [7, 11) is 0. The first kappa shape index (κ1) is 18.5. The molecule has 26 heavy (non-hydrogen) atoms. The number of esters is 1. The minimum Gasteiger partial charge on any atom is -0.460 e. The molecule has 1 heterocycles. The van der Waals surface area contributed by atoms with E-state index in [9.17, 15) is 9.59 Å². The van der Waals surface area contributed by atoms with Crippen LogP contribution in [0.2, 0.25) is 0 Å². The monoisotopic (exact) mass is 354 g/mol. The van der Waals surface area contributed by atoms with Crippen LogP contribution in [0.5, 0.6) is 0 Å². The van der Waals surface area contributed by atoms with Crippen LogP contribution in [-0.2, 0) is 9.53 Å². The van der Waals surface area contributed by atoms with Crippen LogP contribution in [0.4, 0.5) is 0 Å². The van der Waals surface area contributed by atoms with Crippen molar-refractivity contribution in [1.82, 2.24) is 9.97 Å². The van der Waals surface area contributed by atoms with Crippen molar-refractivity contribution in [3.05, 3.63) is 36.3 Å². The Morgan fingerprint density at radius 2 is 1.85 bits per heavy atom. The largest absolute Gasteiger partial charge is 0.460 e. The predicted molar refractivity (Wildman–Crippen MR) is 99.7 cm³/mol. The molecule has 2 aromatic rings. The Labute approximate surface area is 154 Å².